The lowest BCUT2D eigenvalue weighted by Gasteiger charge is -2.46. The van der Waals surface area contributed by atoms with Gasteiger partial charge >= 0.3 is 0 Å². The number of hydrogen-bond donors (Lipinski definition) is 1. The molecule has 1 unspecified atom stereocenters. The van der Waals surface area contributed by atoms with Crippen molar-refractivity contribution in [3.05, 3.63) is 60.2 Å². The van der Waals surface area contributed by atoms with E-state index in [1.165, 1.54) is 0 Å². The molecule has 8 nitrogen and oxygen atoms in total. The fourth-order valence-corrected chi connectivity index (χ4v) is 8.29. The van der Waals surface area contributed by atoms with E-state index in [0.717, 1.165) is 12.0 Å². The van der Waals surface area contributed by atoms with E-state index in [1.807, 2.05) is 66.5 Å². The van der Waals surface area contributed by atoms with Crippen LogP contribution in [-0.2, 0) is 25.5 Å². The molecule has 1 aromatic carbocycles. The quantitative estimate of drug-likeness (QED) is 0.501. The number of likely N-dealkylation sites (tertiary alicyclic amines) is 1. The van der Waals surface area contributed by atoms with Crippen molar-refractivity contribution in [2.45, 2.75) is 89.6 Å². The number of carbonyl (C=O) groups is 3. The van der Waals surface area contributed by atoms with Gasteiger partial charge in [-0.3, -0.25) is 14.4 Å². The van der Waals surface area contributed by atoms with Crippen LogP contribution in [-0.4, -0.2) is 93.1 Å². The highest BCUT2D eigenvalue weighted by atomic mass is 16.5. The molecule has 228 valence electrons. The molecule has 0 bridgehead atoms. The van der Waals surface area contributed by atoms with Crippen LogP contribution in [0.5, 0.6) is 0 Å². The Hall–Kier alpha value is -2.97. The predicted octanol–water partition coefficient (Wildman–Crippen LogP) is 3.59. The third-order valence-corrected chi connectivity index (χ3v) is 9.69. The second-order valence-corrected chi connectivity index (χ2v) is 14.4. The number of amides is 3. The van der Waals surface area contributed by atoms with Gasteiger partial charge in [0.25, 0.3) is 0 Å². The van der Waals surface area contributed by atoms with Gasteiger partial charge in [0.15, 0.2) is 0 Å². The van der Waals surface area contributed by atoms with Crippen molar-refractivity contribution in [1.29, 1.82) is 0 Å². The fourth-order valence-electron chi connectivity index (χ4n) is 8.29. The Labute approximate surface area is 250 Å². The molecule has 4 aliphatic heterocycles. The lowest BCUT2D eigenvalue weighted by atomic mass is 9.73. The Kier molecular flexibility index (Phi) is 7.72. The van der Waals surface area contributed by atoms with Crippen LogP contribution in [0.4, 0.5) is 0 Å². The Balaban J connectivity index is 1.68. The first-order chi connectivity index (χ1) is 19.7. The Morgan fingerprint density at radius 1 is 0.952 bits per heavy atom. The number of aliphatic hydroxyl groups excluding tert-OH is 1. The highest BCUT2D eigenvalue weighted by Crippen LogP contribution is 2.59. The van der Waals surface area contributed by atoms with Crippen LogP contribution in [0.2, 0.25) is 0 Å². The number of fused-ring (bicyclic) bond motifs is 2. The van der Waals surface area contributed by atoms with Crippen LogP contribution in [0, 0.1) is 17.3 Å². The highest BCUT2D eigenvalue weighted by molar-refractivity contribution is 6.00. The van der Waals surface area contributed by atoms with Crippen LogP contribution in [0.15, 0.2) is 54.6 Å². The van der Waals surface area contributed by atoms with Gasteiger partial charge in [-0.15, -0.1) is 0 Å². The van der Waals surface area contributed by atoms with E-state index in [9.17, 15) is 19.5 Å². The van der Waals surface area contributed by atoms with E-state index in [1.54, 1.807) is 16.8 Å². The molecule has 6 atom stereocenters. The van der Waals surface area contributed by atoms with E-state index in [2.05, 4.69) is 34.6 Å². The minimum absolute atomic E-state index is 0.0444. The predicted molar refractivity (Wildman–Crippen MR) is 161 cm³/mol. The van der Waals surface area contributed by atoms with Gasteiger partial charge in [0, 0.05) is 25.7 Å². The topological polar surface area (TPSA) is 90.4 Å². The maximum atomic E-state index is 15.0. The zero-order valence-corrected chi connectivity index (χ0v) is 26.2. The first-order valence-corrected chi connectivity index (χ1v) is 15.3. The van der Waals surface area contributed by atoms with E-state index in [0.29, 0.717) is 25.9 Å². The number of ether oxygens (including phenoxy) is 1. The average molecular weight is 578 g/mol. The number of aliphatic hydroxyl groups is 1. The molecule has 0 aromatic heterocycles. The van der Waals surface area contributed by atoms with Crippen LogP contribution in [0.3, 0.4) is 0 Å². The highest BCUT2D eigenvalue weighted by Gasteiger charge is 2.76. The average Bonchev–Trinajstić information content (AvgIpc) is 3.22. The molecule has 4 heterocycles. The summed E-state index contributed by atoms with van der Waals surface area (Å²) in [5.41, 5.74) is -1.97. The summed E-state index contributed by atoms with van der Waals surface area (Å²) in [5.74, 6) is -2.34. The van der Waals surface area contributed by atoms with Gasteiger partial charge in [0.2, 0.25) is 17.7 Å². The van der Waals surface area contributed by atoms with Crippen molar-refractivity contribution in [2.75, 3.05) is 26.7 Å². The van der Waals surface area contributed by atoms with Gasteiger partial charge < -0.3 is 24.5 Å². The molecule has 4 aliphatic rings. The summed E-state index contributed by atoms with van der Waals surface area (Å²) in [5, 5.41) is 10.8. The lowest BCUT2D eigenvalue weighted by molar-refractivity contribution is -0.160. The smallest absolute Gasteiger partial charge is 0.249 e. The van der Waals surface area contributed by atoms with Gasteiger partial charge in [0.05, 0.1) is 30.1 Å². The van der Waals surface area contributed by atoms with Gasteiger partial charge in [-0.25, -0.2) is 0 Å². The number of nitrogens with zero attached hydrogens (tertiary/aromatic N) is 3. The molecular weight excluding hydrogens is 530 g/mol. The van der Waals surface area contributed by atoms with Crippen molar-refractivity contribution in [2.24, 2.45) is 17.3 Å². The molecule has 2 saturated heterocycles. The lowest BCUT2D eigenvalue weighted by Crippen LogP contribution is -2.62. The molecule has 0 saturated carbocycles. The second kappa shape index (κ2) is 10.6. The first-order valence-electron chi connectivity index (χ1n) is 15.3. The minimum atomic E-state index is -1.34. The largest absolute Gasteiger partial charge is 0.394 e. The van der Waals surface area contributed by atoms with Gasteiger partial charge in [-0.1, -0.05) is 82.3 Å². The molecule has 1 spiro atoms. The Bertz CT molecular complexity index is 1280. The number of rotatable bonds is 7. The Morgan fingerprint density at radius 3 is 2.24 bits per heavy atom. The number of likely N-dealkylation sites (N-methyl/N-ethyl adjacent to an activating group) is 1. The molecule has 0 aliphatic carbocycles. The second-order valence-electron chi connectivity index (χ2n) is 14.4. The molecule has 1 aromatic rings. The van der Waals surface area contributed by atoms with Crippen molar-refractivity contribution >= 4 is 17.7 Å². The Morgan fingerprint density at radius 2 is 1.62 bits per heavy atom. The fraction of sp³-hybridized carbons (Fsp3) is 0.618. The zero-order valence-electron chi connectivity index (χ0n) is 26.2. The van der Waals surface area contributed by atoms with Crippen molar-refractivity contribution in [3.63, 3.8) is 0 Å². The maximum Gasteiger partial charge on any atom is 0.249 e. The molecular formula is C34H47N3O5. The zero-order chi connectivity index (χ0) is 30.7. The third kappa shape index (κ3) is 4.80. The minimum Gasteiger partial charge on any atom is -0.394 e. The van der Waals surface area contributed by atoms with Crippen LogP contribution in [0.25, 0.3) is 0 Å². The summed E-state index contributed by atoms with van der Waals surface area (Å²) in [6.07, 6.45) is 9.34. The van der Waals surface area contributed by atoms with Crippen LogP contribution in [0.1, 0.15) is 59.9 Å². The molecule has 8 heteroatoms. The third-order valence-electron chi connectivity index (χ3n) is 9.69. The van der Waals surface area contributed by atoms with E-state index in [-0.39, 0.29) is 29.7 Å². The van der Waals surface area contributed by atoms with Gasteiger partial charge in [-0.05, 0) is 44.1 Å². The summed E-state index contributed by atoms with van der Waals surface area (Å²) in [7, 11) is 1.74. The van der Waals surface area contributed by atoms with E-state index >= 15 is 0 Å². The van der Waals surface area contributed by atoms with Crippen LogP contribution < -0.4 is 0 Å². The normalized spacial score (nSPS) is 32.0. The van der Waals surface area contributed by atoms with Crippen molar-refractivity contribution in [3.8, 4) is 0 Å². The van der Waals surface area contributed by atoms with Gasteiger partial charge in [0.1, 0.15) is 11.6 Å². The summed E-state index contributed by atoms with van der Waals surface area (Å²) in [4.78, 5) is 48.8. The number of carbonyl (C=O) groups excluding carboxylic acids is 3. The molecule has 0 radical (unpaired) electrons. The molecule has 1 N–H and O–H groups in total. The SMILES string of the molecule is CC[C@]12C=CCN(C)C(=O)[C@H]1[C@H]1C(=O)N([C@@H](CO)Cc3ccccc3)C3C(=O)N(C(C)(C)CC(C)(C)C)CC=C[C@@]31O2. The maximum absolute atomic E-state index is 15.0. The van der Waals surface area contributed by atoms with E-state index in [4.69, 9.17) is 4.74 Å². The summed E-state index contributed by atoms with van der Waals surface area (Å²) >= 11 is 0. The molecule has 42 heavy (non-hydrogen) atoms. The number of benzene rings is 1. The monoisotopic (exact) mass is 577 g/mol. The summed E-state index contributed by atoms with van der Waals surface area (Å²) in [6, 6.07) is 8.01. The first kappa shape index (κ1) is 30.5. The standard InChI is InChI=1S/C34H47N3O5/c1-8-33-16-12-18-35(7)28(39)25(33)26-29(40)37(24(21-38)20-23-14-10-9-11-15-23)27-30(41)36(19-13-17-34(26,27)42-33)32(5,6)22-31(2,3)4/h9-17,24-27,38H,8,18-22H2,1-7H3/t24-,25-,26+,27?,33+,34+/m1/s1. The van der Waals surface area contributed by atoms with Gasteiger partial charge in [-0.2, -0.15) is 0 Å². The summed E-state index contributed by atoms with van der Waals surface area (Å²) < 4.78 is 7.06. The molecule has 5 rings (SSSR count). The molecule has 3 amide bonds. The van der Waals surface area contributed by atoms with Crippen LogP contribution >= 0.6 is 0 Å². The van der Waals surface area contributed by atoms with E-state index < -0.39 is 40.7 Å². The summed E-state index contributed by atoms with van der Waals surface area (Å²) in [6.45, 7) is 13.1. The van der Waals surface area contributed by atoms with Crippen molar-refractivity contribution in [1.82, 2.24) is 14.7 Å². The van der Waals surface area contributed by atoms with Crippen molar-refractivity contribution < 1.29 is 24.2 Å². The molecule has 2 fully saturated rings. The number of hydrogen-bond acceptors (Lipinski definition) is 5.